The van der Waals surface area contributed by atoms with Gasteiger partial charge in [-0.1, -0.05) is 74.9 Å². The summed E-state index contributed by atoms with van der Waals surface area (Å²) in [6.45, 7) is 2.28. The van der Waals surface area contributed by atoms with Crippen molar-refractivity contribution < 1.29 is 92.9 Å². The number of nitrogens with one attached hydrogen (secondary N) is 8. The lowest BCUT2D eigenvalue weighted by Gasteiger charge is -2.30. The number of amides is 7. The zero-order valence-corrected chi connectivity index (χ0v) is 57.5. The van der Waals surface area contributed by atoms with E-state index in [0.717, 1.165) is 0 Å². The molecule has 8 atom stereocenters. The molecule has 6 rings (SSSR count). The number of carbonyl (C=O) groups is 12. The van der Waals surface area contributed by atoms with Gasteiger partial charge in [-0.3, -0.25) is 52.7 Å². The molecule has 2 heterocycles. The second-order valence-corrected chi connectivity index (χ2v) is 25.8. The SMILES string of the molecule is CC(=O)N1CCCC[C@H](CN[C@@H](Cc2ccc(O)cc2)C(=O)C(=O)COCCCO)C(=O)N[C@@H](Cc2c[nH]c3ccccc23)C(=O)NC(CO)C(=O)N[C@@H](CCC(N)=O)C(=O)NC(Cc2ccc(O)cc2)C(=O)C(=O)[C@H](CC(C)C)NN(CC(=O)N[C@@H](Cc2ccc(O)cc2)C(=O)O)CCCC1. The standard InChI is InChI=1S/C72H95N11O19/c1-43(2)33-58-67(95)66(94)57(35-46-16-22-51(88)23-17-46)78-69(97)55(26-27-63(73)91)77-71(99)61(41-85)80-70(98)59(37-49-39-74-54-13-5-4-12-53(49)54)79-68(96)48(38-75-56(34-45-14-20-50(87)21-15-45)65(93)62(90)42-102-32-10-31-84)11-6-7-28-82(44(3)86)29-8-9-30-83(81-58)40-64(92)76-60(72(100)101)36-47-18-24-52(89)25-19-47/h4-5,12-25,39,43,48,55-61,74-75,81,84-85,87-89H,6-11,26-38,40-42H2,1-3H3,(H2,73,91)(H,76,92)(H,77,99)(H,78,97)(H,79,96)(H,80,98)(H,100,101)/t48-,55+,56+,57?,58+,59+,60+,61?/m1/s1. The predicted molar refractivity (Wildman–Crippen MR) is 371 cm³/mol. The third kappa shape index (κ3) is 26.5. The Morgan fingerprint density at radius 2 is 1.20 bits per heavy atom. The van der Waals surface area contributed by atoms with E-state index in [-0.39, 0.29) is 133 Å². The highest BCUT2D eigenvalue weighted by Crippen LogP contribution is 2.22. The summed E-state index contributed by atoms with van der Waals surface area (Å²) in [6.07, 6.45) is 0.851. The minimum Gasteiger partial charge on any atom is -0.508 e. The molecule has 0 spiro atoms. The molecule has 2 unspecified atom stereocenters. The van der Waals surface area contributed by atoms with E-state index >= 15 is 4.79 Å². The second-order valence-electron chi connectivity index (χ2n) is 25.8. The van der Waals surface area contributed by atoms with Gasteiger partial charge in [0, 0.05) is 89.1 Å². The number of H-pyrrole nitrogens is 1. The first kappa shape index (κ1) is 81.0. The van der Waals surface area contributed by atoms with E-state index < -0.39 is 152 Å². The van der Waals surface area contributed by atoms with Gasteiger partial charge in [-0.05, 0) is 122 Å². The minimum absolute atomic E-state index is 0.0185. The van der Waals surface area contributed by atoms with Crippen LogP contribution < -0.4 is 43.1 Å². The average molecular weight is 1420 g/mol. The fourth-order valence-corrected chi connectivity index (χ4v) is 11.6. The van der Waals surface area contributed by atoms with Crippen LogP contribution in [0.3, 0.4) is 0 Å². The molecular weight excluding hydrogens is 1320 g/mol. The Bertz CT molecular complexity index is 3660. The first-order valence-electron chi connectivity index (χ1n) is 34.1. The third-order valence-electron chi connectivity index (χ3n) is 17.2. The Balaban J connectivity index is 1.41. The number of phenolic OH excluding ortho intramolecular Hbond substituents is 3. The van der Waals surface area contributed by atoms with Crippen LogP contribution in [-0.4, -0.2) is 217 Å². The summed E-state index contributed by atoms with van der Waals surface area (Å²) in [5, 5.41) is 78.4. The van der Waals surface area contributed by atoms with E-state index in [0.29, 0.717) is 33.2 Å². The summed E-state index contributed by atoms with van der Waals surface area (Å²) in [5.41, 5.74) is 11.1. The number of carboxylic acid groups (broad SMARTS) is 1. The fraction of sp³-hybridized carbons (Fsp3) is 0.472. The monoisotopic (exact) mass is 1420 g/mol. The zero-order chi connectivity index (χ0) is 74.4. The number of aliphatic carboxylic acids is 1. The largest absolute Gasteiger partial charge is 0.508 e. The fourth-order valence-electron chi connectivity index (χ4n) is 11.6. The van der Waals surface area contributed by atoms with Crippen molar-refractivity contribution in [2.75, 3.05) is 59.2 Å². The topological polar surface area (TPSA) is 468 Å². The Hall–Kier alpha value is -9.98. The Kier molecular flexibility index (Phi) is 32.6. The maximum absolute atomic E-state index is 15.1. The summed E-state index contributed by atoms with van der Waals surface area (Å²) in [6, 6.07) is 13.0. The number of hydrogen-bond acceptors (Lipinski definition) is 21. The maximum Gasteiger partial charge on any atom is 0.326 e. The number of para-hydroxylation sites is 1. The van der Waals surface area contributed by atoms with Crippen LogP contribution in [0.4, 0.5) is 0 Å². The number of fused-ring (bicyclic) bond motifs is 1. The molecule has 30 nitrogen and oxygen atoms in total. The van der Waals surface area contributed by atoms with Crippen LogP contribution in [0.2, 0.25) is 0 Å². The number of benzene rings is 4. The number of aliphatic hydroxyl groups is 2. The van der Waals surface area contributed by atoms with Crippen LogP contribution in [0.25, 0.3) is 10.9 Å². The van der Waals surface area contributed by atoms with Gasteiger partial charge in [0.15, 0.2) is 0 Å². The number of rotatable bonds is 28. The highest BCUT2D eigenvalue weighted by Gasteiger charge is 2.38. The molecule has 16 N–H and O–H groups in total. The number of aromatic amines is 1. The van der Waals surface area contributed by atoms with Crippen LogP contribution in [0, 0.1) is 11.8 Å². The number of carbonyl (C=O) groups excluding carboxylic acids is 11. The Morgan fingerprint density at radius 1 is 0.647 bits per heavy atom. The van der Waals surface area contributed by atoms with Crippen molar-refractivity contribution in [1.82, 2.24) is 52.2 Å². The summed E-state index contributed by atoms with van der Waals surface area (Å²) in [5.74, 6) is -13.4. The molecule has 0 radical (unpaired) electrons. The predicted octanol–water partition coefficient (Wildman–Crippen LogP) is 0.605. The lowest BCUT2D eigenvalue weighted by Crippen LogP contribution is -2.60. The molecule has 30 heteroatoms. The molecule has 7 amide bonds. The second kappa shape index (κ2) is 41.1. The van der Waals surface area contributed by atoms with Crippen molar-refractivity contribution in [3.05, 3.63) is 126 Å². The number of carboxylic acids is 1. The molecule has 1 aliphatic rings. The number of aliphatic hydroxyl groups excluding tert-OH is 2. The molecule has 0 bridgehead atoms. The molecule has 552 valence electrons. The number of ether oxygens (including phenoxy) is 1. The molecule has 1 fully saturated rings. The van der Waals surface area contributed by atoms with E-state index in [1.165, 1.54) is 72.6 Å². The third-order valence-corrected chi connectivity index (χ3v) is 17.2. The van der Waals surface area contributed by atoms with E-state index in [1.54, 1.807) is 61.3 Å². The quantitative estimate of drug-likeness (QED) is 0.0241. The Labute approximate surface area is 590 Å². The van der Waals surface area contributed by atoms with Crippen molar-refractivity contribution in [2.24, 2.45) is 17.6 Å². The lowest BCUT2D eigenvalue weighted by molar-refractivity contribution is -0.142. The van der Waals surface area contributed by atoms with E-state index in [4.69, 9.17) is 10.5 Å². The molecule has 1 saturated heterocycles. The normalized spacial score (nSPS) is 19.9. The van der Waals surface area contributed by atoms with Crippen LogP contribution in [0.5, 0.6) is 17.2 Å². The first-order chi connectivity index (χ1) is 48.7. The molecule has 102 heavy (non-hydrogen) atoms. The van der Waals surface area contributed by atoms with Crippen molar-refractivity contribution in [2.45, 2.75) is 147 Å². The Morgan fingerprint density at radius 3 is 1.79 bits per heavy atom. The van der Waals surface area contributed by atoms with Gasteiger partial charge < -0.3 is 82.9 Å². The van der Waals surface area contributed by atoms with Crippen molar-refractivity contribution in [1.29, 1.82) is 0 Å². The van der Waals surface area contributed by atoms with Crippen molar-refractivity contribution in [3.63, 3.8) is 0 Å². The summed E-state index contributed by atoms with van der Waals surface area (Å²) in [7, 11) is 0. The number of nitrogens with two attached hydrogens (primary N) is 1. The molecule has 1 aromatic heterocycles. The van der Waals surface area contributed by atoms with Crippen LogP contribution >= 0.6 is 0 Å². The number of aromatic hydroxyl groups is 3. The van der Waals surface area contributed by atoms with E-state index in [2.05, 4.69) is 42.3 Å². The number of aromatic nitrogens is 1. The van der Waals surface area contributed by atoms with Gasteiger partial charge in [0.2, 0.25) is 64.5 Å². The number of phenols is 3. The molecule has 0 aliphatic carbocycles. The number of ketones is 4. The van der Waals surface area contributed by atoms with Crippen LogP contribution in [0.15, 0.2) is 103 Å². The number of primary amides is 1. The maximum atomic E-state index is 15.1. The zero-order valence-electron chi connectivity index (χ0n) is 57.5. The first-order valence-corrected chi connectivity index (χ1v) is 34.1. The number of nitrogens with zero attached hydrogens (tertiary/aromatic N) is 2. The highest BCUT2D eigenvalue weighted by atomic mass is 16.5. The number of hydrazine groups is 1. The highest BCUT2D eigenvalue weighted by molar-refractivity contribution is 6.41. The van der Waals surface area contributed by atoms with Crippen molar-refractivity contribution in [3.8, 4) is 17.2 Å². The number of Topliss-reactive ketones (excluding diaryl/α,β-unsaturated/α-hetero) is 4. The average Bonchev–Trinajstić information content (AvgIpc) is 1.61. The van der Waals surface area contributed by atoms with Crippen LogP contribution in [-0.2, 0) is 88.0 Å². The summed E-state index contributed by atoms with van der Waals surface area (Å²) < 4.78 is 5.36. The molecule has 4 aromatic carbocycles. The molecule has 1 aliphatic heterocycles. The van der Waals surface area contributed by atoms with E-state index in [9.17, 15) is 83.4 Å². The van der Waals surface area contributed by atoms with Gasteiger partial charge in [-0.25, -0.2) is 15.2 Å². The van der Waals surface area contributed by atoms with Gasteiger partial charge in [0.05, 0.1) is 37.2 Å². The summed E-state index contributed by atoms with van der Waals surface area (Å²) in [4.78, 5) is 174. The smallest absolute Gasteiger partial charge is 0.326 e. The van der Waals surface area contributed by atoms with Crippen molar-refractivity contribution >= 4 is 81.4 Å². The van der Waals surface area contributed by atoms with Gasteiger partial charge >= 0.3 is 5.97 Å². The number of hydrogen-bond donors (Lipinski definition) is 15. The van der Waals surface area contributed by atoms with Crippen LogP contribution in [0.1, 0.15) is 101 Å². The molecule has 0 saturated carbocycles. The molecule has 5 aromatic rings. The molecular formula is C72H95N11O19. The summed E-state index contributed by atoms with van der Waals surface area (Å²) >= 11 is 0. The van der Waals surface area contributed by atoms with Gasteiger partial charge in [-0.2, -0.15) is 0 Å². The minimum atomic E-state index is -1.89. The lowest BCUT2D eigenvalue weighted by atomic mass is 9.92. The van der Waals surface area contributed by atoms with Gasteiger partial charge in [0.1, 0.15) is 48.0 Å². The van der Waals surface area contributed by atoms with Gasteiger partial charge in [0.25, 0.3) is 0 Å². The van der Waals surface area contributed by atoms with E-state index in [1.807, 2.05) is 0 Å². The van der Waals surface area contributed by atoms with Gasteiger partial charge in [-0.15, -0.1) is 0 Å².